The van der Waals surface area contributed by atoms with Crippen LogP contribution < -0.4 is 10.2 Å². The summed E-state index contributed by atoms with van der Waals surface area (Å²) >= 11 is 0. The van der Waals surface area contributed by atoms with E-state index >= 15 is 0 Å². The molecule has 36 heavy (non-hydrogen) atoms. The van der Waals surface area contributed by atoms with E-state index in [-0.39, 0.29) is 17.4 Å². The topological polar surface area (TPSA) is 101 Å². The van der Waals surface area contributed by atoms with Crippen molar-refractivity contribution in [3.05, 3.63) is 88.9 Å². The molecule has 9 heteroatoms. The van der Waals surface area contributed by atoms with Gasteiger partial charge < -0.3 is 15.3 Å². The number of carbonyl (C=O) groups excluding carboxylic acids is 1. The molecule has 1 aliphatic heterocycles. The molecule has 0 atom stereocenters. The number of amides is 1. The Morgan fingerprint density at radius 2 is 1.72 bits per heavy atom. The maximum Gasteiger partial charge on any atom is 0.276 e. The summed E-state index contributed by atoms with van der Waals surface area (Å²) in [7, 11) is 1.92. The standard InChI is InChI=1S/C27H25N7O2/c1-16-26(17(2)32(3)30-16)23-13-24(33-14-18-7-4-5-8-19(18)15-33)29-25-12-22(31-34(23)25)27(36)28-20-9-6-10-21(35)11-20/h4-13,35H,14-15H2,1-3H3,(H,28,36). The predicted octanol–water partition coefficient (Wildman–Crippen LogP) is 4.22. The quantitative estimate of drug-likeness (QED) is 0.400. The molecule has 0 unspecified atom stereocenters. The maximum atomic E-state index is 13.0. The fraction of sp³-hybridized carbons (Fsp3) is 0.185. The number of phenols is 1. The molecule has 1 amide bonds. The van der Waals surface area contributed by atoms with Gasteiger partial charge in [-0.1, -0.05) is 30.3 Å². The Morgan fingerprint density at radius 3 is 2.39 bits per heavy atom. The molecule has 5 aromatic rings. The number of carbonyl (C=O) groups is 1. The molecule has 2 aromatic carbocycles. The number of hydrogen-bond acceptors (Lipinski definition) is 6. The molecule has 9 nitrogen and oxygen atoms in total. The molecule has 1 aliphatic rings. The molecular weight excluding hydrogens is 454 g/mol. The highest BCUT2D eigenvalue weighted by atomic mass is 16.3. The van der Waals surface area contributed by atoms with Gasteiger partial charge in [0, 0.05) is 55.3 Å². The van der Waals surface area contributed by atoms with Gasteiger partial charge in [-0.3, -0.25) is 9.48 Å². The van der Waals surface area contributed by atoms with Gasteiger partial charge in [-0.05, 0) is 37.1 Å². The third kappa shape index (κ3) is 3.65. The van der Waals surface area contributed by atoms with E-state index in [9.17, 15) is 9.90 Å². The van der Waals surface area contributed by atoms with Gasteiger partial charge in [0.25, 0.3) is 5.91 Å². The fourth-order valence-electron chi connectivity index (χ4n) is 4.83. The number of rotatable bonds is 4. The van der Waals surface area contributed by atoms with Crippen molar-refractivity contribution >= 4 is 23.1 Å². The molecule has 6 rings (SSSR count). The number of anilines is 2. The molecule has 0 saturated carbocycles. The minimum Gasteiger partial charge on any atom is -0.508 e. The molecule has 4 heterocycles. The molecule has 3 aromatic heterocycles. The molecule has 0 saturated heterocycles. The van der Waals surface area contributed by atoms with Gasteiger partial charge in [0.05, 0.1) is 11.4 Å². The zero-order valence-corrected chi connectivity index (χ0v) is 20.2. The Labute approximate surface area is 207 Å². The lowest BCUT2D eigenvalue weighted by Crippen LogP contribution is -2.17. The van der Waals surface area contributed by atoms with Crippen LogP contribution in [0.5, 0.6) is 5.75 Å². The van der Waals surface area contributed by atoms with Gasteiger partial charge in [0.2, 0.25) is 0 Å². The largest absolute Gasteiger partial charge is 0.508 e. The highest BCUT2D eigenvalue weighted by molar-refractivity contribution is 6.03. The second-order valence-electron chi connectivity index (χ2n) is 9.10. The van der Waals surface area contributed by atoms with Crippen molar-refractivity contribution in [3.63, 3.8) is 0 Å². The van der Waals surface area contributed by atoms with Crippen molar-refractivity contribution in [2.45, 2.75) is 26.9 Å². The first-order valence-electron chi connectivity index (χ1n) is 11.7. The summed E-state index contributed by atoms with van der Waals surface area (Å²) in [5.74, 6) is 0.508. The van der Waals surface area contributed by atoms with E-state index < -0.39 is 0 Å². The number of phenolic OH excluding ortho intramolecular Hbond substituents is 1. The molecule has 2 N–H and O–H groups in total. The Bertz CT molecular complexity index is 1620. The van der Waals surface area contributed by atoms with Crippen LogP contribution in [0.1, 0.15) is 33.0 Å². The van der Waals surface area contributed by atoms with Crippen molar-refractivity contribution in [1.82, 2.24) is 24.4 Å². The summed E-state index contributed by atoms with van der Waals surface area (Å²) in [6.45, 7) is 5.52. The Kier molecular flexibility index (Phi) is 4.99. The Morgan fingerprint density at radius 1 is 0.972 bits per heavy atom. The second-order valence-corrected chi connectivity index (χ2v) is 9.10. The second kappa shape index (κ2) is 8.23. The van der Waals surface area contributed by atoms with Crippen LogP contribution in [0.2, 0.25) is 0 Å². The van der Waals surface area contributed by atoms with E-state index in [1.165, 1.54) is 17.2 Å². The summed E-state index contributed by atoms with van der Waals surface area (Å²) in [6.07, 6.45) is 0. The summed E-state index contributed by atoms with van der Waals surface area (Å²) < 4.78 is 3.56. The molecule has 0 bridgehead atoms. The summed E-state index contributed by atoms with van der Waals surface area (Å²) in [5, 5.41) is 21.8. The molecule has 0 radical (unpaired) electrons. The summed E-state index contributed by atoms with van der Waals surface area (Å²) in [5.41, 5.74) is 7.52. The number of nitrogens with zero attached hydrogens (tertiary/aromatic N) is 6. The van der Waals surface area contributed by atoms with E-state index in [1.807, 2.05) is 31.6 Å². The fourth-order valence-corrected chi connectivity index (χ4v) is 4.83. The van der Waals surface area contributed by atoms with Crippen molar-refractivity contribution in [2.75, 3.05) is 10.2 Å². The summed E-state index contributed by atoms with van der Waals surface area (Å²) in [6, 6.07) is 18.5. The first-order valence-corrected chi connectivity index (χ1v) is 11.7. The number of benzene rings is 2. The first kappa shape index (κ1) is 21.8. The van der Waals surface area contributed by atoms with Crippen LogP contribution in [-0.2, 0) is 20.1 Å². The van der Waals surface area contributed by atoms with Gasteiger partial charge in [0.15, 0.2) is 11.3 Å². The van der Waals surface area contributed by atoms with Gasteiger partial charge in [-0.15, -0.1) is 0 Å². The third-order valence-corrected chi connectivity index (χ3v) is 6.68. The van der Waals surface area contributed by atoms with E-state index in [1.54, 1.807) is 28.8 Å². The smallest absolute Gasteiger partial charge is 0.276 e. The monoisotopic (exact) mass is 479 g/mol. The van der Waals surface area contributed by atoms with Gasteiger partial charge in [-0.2, -0.15) is 10.2 Å². The number of fused-ring (bicyclic) bond motifs is 2. The summed E-state index contributed by atoms with van der Waals surface area (Å²) in [4.78, 5) is 20.2. The lowest BCUT2D eigenvalue weighted by Gasteiger charge is -2.18. The van der Waals surface area contributed by atoms with Crippen LogP contribution in [0.3, 0.4) is 0 Å². The molecular formula is C27H25N7O2. The van der Waals surface area contributed by atoms with E-state index in [0.717, 1.165) is 41.6 Å². The van der Waals surface area contributed by atoms with Gasteiger partial charge in [-0.25, -0.2) is 9.50 Å². The highest BCUT2D eigenvalue weighted by Crippen LogP contribution is 2.33. The molecule has 0 aliphatic carbocycles. The van der Waals surface area contributed by atoms with Crippen LogP contribution in [0.15, 0.2) is 60.7 Å². The predicted molar refractivity (Wildman–Crippen MR) is 137 cm³/mol. The zero-order chi connectivity index (χ0) is 25.0. The van der Waals surface area contributed by atoms with Crippen molar-refractivity contribution in [1.29, 1.82) is 0 Å². The number of aromatic nitrogens is 5. The first-order chi connectivity index (χ1) is 17.4. The molecule has 0 fully saturated rings. The third-order valence-electron chi connectivity index (χ3n) is 6.68. The lowest BCUT2D eigenvalue weighted by atomic mass is 10.1. The van der Waals surface area contributed by atoms with E-state index in [2.05, 4.69) is 44.7 Å². The van der Waals surface area contributed by atoms with Crippen LogP contribution >= 0.6 is 0 Å². The number of aromatic hydroxyl groups is 1. The Balaban J connectivity index is 1.46. The highest BCUT2D eigenvalue weighted by Gasteiger charge is 2.24. The maximum absolute atomic E-state index is 13.0. The minimum absolute atomic E-state index is 0.0746. The van der Waals surface area contributed by atoms with Crippen molar-refractivity contribution in [2.24, 2.45) is 7.05 Å². The van der Waals surface area contributed by atoms with Crippen molar-refractivity contribution in [3.8, 4) is 17.0 Å². The minimum atomic E-state index is -0.383. The molecule has 0 spiro atoms. The average molecular weight is 480 g/mol. The zero-order valence-electron chi connectivity index (χ0n) is 20.2. The number of nitrogens with one attached hydrogen (secondary N) is 1. The normalized spacial score (nSPS) is 12.8. The number of hydrogen-bond donors (Lipinski definition) is 2. The average Bonchev–Trinajstić information content (AvgIpc) is 3.54. The Hall–Kier alpha value is -4.66. The number of aryl methyl sites for hydroxylation is 2. The SMILES string of the molecule is Cc1nn(C)c(C)c1-c1cc(N2Cc3ccccc3C2)nc2cc(C(=O)Nc3cccc(O)c3)nn12. The van der Waals surface area contributed by atoms with Crippen molar-refractivity contribution < 1.29 is 9.90 Å². The van der Waals surface area contributed by atoms with Crippen LogP contribution in [0.4, 0.5) is 11.5 Å². The van der Waals surface area contributed by atoms with Gasteiger partial charge in [0.1, 0.15) is 11.6 Å². The van der Waals surface area contributed by atoms with E-state index in [4.69, 9.17) is 4.98 Å². The molecule has 180 valence electrons. The van der Waals surface area contributed by atoms with Crippen LogP contribution in [0, 0.1) is 13.8 Å². The van der Waals surface area contributed by atoms with Crippen LogP contribution in [0.25, 0.3) is 16.9 Å². The van der Waals surface area contributed by atoms with E-state index in [0.29, 0.717) is 11.3 Å². The van der Waals surface area contributed by atoms with Gasteiger partial charge >= 0.3 is 0 Å². The van der Waals surface area contributed by atoms with Crippen LogP contribution in [-0.4, -0.2) is 35.4 Å². The lowest BCUT2D eigenvalue weighted by molar-refractivity contribution is 0.102.